The van der Waals surface area contributed by atoms with Crippen LogP contribution < -0.4 is 5.32 Å². The molecule has 0 aliphatic carbocycles. The third kappa shape index (κ3) is 4.49. The van der Waals surface area contributed by atoms with Crippen LogP contribution in [-0.2, 0) is 16.1 Å². The molecule has 0 amide bonds. The highest BCUT2D eigenvalue weighted by Crippen LogP contribution is 2.03. The molecule has 2 rings (SSSR count). The second-order valence-corrected chi connectivity index (χ2v) is 3.70. The maximum absolute atomic E-state index is 5.59. The van der Waals surface area contributed by atoms with Crippen molar-refractivity contribution in [1.82, 2.24) is 5.32 Å². The highest BCUT2D eigenvalue weighted by molar-refractivity contribution is 5.85. The van der Waals surface area contributed by atoms with Gasteiger partial charge in [0.1, 0.15) is 0 Å². The molecule has 1 saturated heterocycles. The van der Waals surface area contributed by atoms with Crippen LogP contribution in [-0.4, -0.2) is 32.4 Å². The number of hydrogen-bond acceptors (Lipinski definition) is 3. The second-order valence-electron chi connectivity index (χ2n) is 3.70. The first-order chi connectivity index (χ1) is 7.45. The normalized spacial score (nSPS) is 20.1. The molecular formula is C12H18ClNO2. The summed E-state index contributed by atoms with van der Waals surface area (Å²) in [6.45, 7) is 3.98. The monoisotopic (exact) mass is 243 g/mol. The van der Waals surface area contributed by atoms with Gasteiger partial charge in [0, 0.05) is 13.1 Å². The molecule has 0 bridgehead atoms. The molecule has 1 aliphatic heterocycles. The average Bonchev–Trinajstić information content (AvgIpc) is 2.32. The highest BCUT2D eigenvalue weighted by atomic mass is 35.5. The molecule has 1 heterocycles. The Morgan fingerprint density at radius 2 is 2.12 bits per heavy atom. The number of benzene rings is 1. The summed E-state index contributed by atoms with van der Waals surface area (Å²) in [6.07, 6.45) is 0.211. The topological polar surface area (TPSA) is 30.5 Å². The van der Waals surface area contributed by atoms with E-state index < -0.39 is 0 Å². The van der Waals surface area contributed by atoms with Crippen LogP contribution in [0.25, 0.3) is 0 Å². The molecule has 0 aromatic heterocycles. The predicted octanol–water partition coefficient (Wildman–Crippen LogP) is 1.61. The first-order valence-corrected chi connectivity index (χ1v) is 5.39. The summed E-state index contributed by atoms with van der Waals surface area (Å²) in [5.74, 6) is 0. The van der Waals surface area contributed by atoms with Crippen LogP contribution in [0.1, 0.15) is 5.56 Å². The van der Waals surface area contributed by atoms with E-state index >= 15 is 0 Å². The van der Waals surface area contributed by atoms with E-state index in [1.807, 2.05) is 18.2 Å². The maximum Gasteiger partial charge on any atom is 0.0933 e. The Balaban J connectivity index is 0.00000128. The van der Waals surface area contributed by atoms with Crippen LogP contribution in [0.4, 0.5) is 0 Å². The average molecular weight is 244 g/mol. The molecule has 0 radical (unpaired) electrons. The fraction of sp³-hybridized carbons (Fsp3) is 0.500. The van der Waals surface area contributed by atoms with E-state index in [-0.39, 0.29) is 18.5 Å². The molecule has 90 valence electrons. The van der Waals surface area contributed by atoms with E-state index in [1.165, 1.54) is 5.56 Å². The summed E-state index contributed by atoms with van der Waals surface area (Å²) in [4.78, 5) is 0. The van der Waals surface area contributed by atoms with E-state index in [0.717, 1.165) is 19.7 Å². The molecule has 4 heteroatoms. The second kappa shape index (κ2) is 7.63. The summed E-state index contributed by atoms with van der Waals surface area (Å²) in [5, 5.41) is 3.28. The Hall–Kier alpha value is -0.610. The first kappa shape index (κ1) is 13.5. The molecule has 0 spiro atoms. The first-order valence-electron chi connectivity index (χ1n) is 5.39. The zero-order chi connectivity index (χ0) is 10.3. The van der Waals surface area contributed by atoms with Crippen molar-refractivity contribution in [3.63, 3.8) is 0 Å². The Labute approximate surface area is 103 Å². The van der Waals surface area contributed by atoms with E-state index in [1.54, 1.807) is 0 Å². The predicted molar refractivity (Wildman–Crippen MR) is 66.0 cm³/mol. The maximum atomic E-state index is 5.59. The molecule has 0 unspecified atom stereocenters. The van der Waals surface area contributed by atoms with Crippen LogP contribution in [0.2, 0.25) is 0 Å². The molecule has 0 saturated carbocycles. The lowest BCUT2D eigenvalue weighted by Gasteiger charge is -2.23. The minimum absolute atomic E-state index is 0. The third-order valence-electron chi connectivity index (χ3n) is 2.42. The zero-order valence-electron chi connectivity index (χ0n) is 9.22. The highest BCUT2D eigenvalue weighted by Gasteiger charge is 2.12. The minimum atomic E-state index is 0. The van der Waals surface area contributed by atoms with Gasteiger partial charge in [-0.15, -0.1) is 12.4 Å². The van der Waals surface area contributed by atoms with Crippen molar-refractivity contribution in [2.75, 3.05) is 26.3 Å². The van der Waals surface area contributed by atoms with Gasteiger partial charge in [-0.25, -0.2) is 0 Å². The number of morpholine rings is 1. The quantitative estimate of drug-likeness (QED) is 0.872. The van der Waals surface area contributed by atoms with Crippen molar-refractivity contribution >= 4 is 12.4 Å². The lowest BCUT2D eigenvalue weighted by Crippen LogP contribution is -2.40. The lowest BCUT2D eigenvalue weighted by atomic mass is 10.2. The summed E-state index contributed by atoms with van der Waals surface area (Å²) in [6, 6.07) is 10.2. The van der Waals surface area contributed by atoms with Gasteiger partial charge >= 0.3 is 0 Å². The van der Waals surface area contributed by atoms with Crippen molar-refractivity contribution in [2.24, 2.45) is 0 Å². The van der Waals surface area contributed by atoms with Crippen molar-refractivity contribution < 1.29 is 9.47 Å². The van der Waals surface area contributed by atoms with Crippen LogP contribution in [0.15, 0.2) is 30.3 Å². The lowest BCUT2D eigenvalue weighted by molar-refractivity contribution is -0.0357. The van der Waals surface area contributed by atoms with Gasteiger partial charge in [-0.2, -0.15) is 0 Å². The fourth-order valence-corrected chi connectivity index (χ4v) is 1.61. The molecule has 1 N–H and O–H groups in total. The summed E-state index contributed by atoms with van der Waals surface area (Å²) >= 11 is 0. The molecule has 3 nitrogen and oxygen atoms in total. The molecule has 1 aromatic carbocycles. The Morgan fingerprint density at radius 3 is 2.81 bits per heavy atom. The van der Waals surface area contributed by atoms with Crippen molar-refractivity contribution in [3.8, 4) is 0 Å². The van der Waals surface area contributed by atoms with Crippen LogP contribution >= 0.6 is 12.4 Å². The Bertz CT molecular complexity index is 276. The van der Waals surface area contributed by atoms with E-state index in [2.05, 4.69) is 17.4 Å². The summed E-state index contributed by atoms with van der Waals surface area (Å²) < 4.78 is 11.1. The van der Waals surface area contributed by atoms with Gasteiger partial charge in [0.15, 0.2) is 0 Å². The number of ether oxygens (including phenoxy) is 2. The summed E-state index contributed by atoms with van der Waals surface area (Å²) in [5.41, 5.74) is 1.21. The number of hydrogen-bond donors (Lipinski definition) is 1. The SMILES string of the molecule is Cl.c1ccc(COC[C@H]2CNCCO2)cc1. The third-order valence-corrected chi connectivity index (χ3v) is 2.42. The standard InChI is InChI=1S/C12H17NO2.ClH/c1-2-4-11(5-3-1)9-14-10-12-8-13-6-7-15-12;/h1-5,12-13H,6-10H2;1H/t12-;/m1./s1. The molecule has 1 aromatic rings. The van der Waals surface area contributed by atoms with Crippen molar-refractivity contribution in [2.45, 2.75) is 12.7 Å². The van der Waals surface area contributed by atoms with Crippen molar-refractivity contribution in [1.29, 1.82) is 0 Å². The fourth-order valence-electron chi connectivity index (χ4n) is 1.61. The van der Waals surface area contributed by atoms with Gasteiger partial charge in [0.2, 0.25) is 0 Å². The van der Waals surface area contributed by atoms with Crippen molar-refractivity contribution in [3.05, 3.63) is 35.9 Å². The zero-order valence-corrected chi connectivity index (χ0v) is 10.0. The van der Waals surface area contributed by atoms with Crippen LogP contribution in [0.5, 0.6) is 0 Å². The molecule has 1 aliphatic rings. The van der Waals surface area contributed by atoms with Gasteiger partial charge in [0.25, 0.3) is 0 Å². The van der Waals surface area contributed by atoms with Gasteiger partial charge in [-0.3, -0.25) is 0 Å². The van der Waals surface area contributed by atoms with Gasteiger partial charge < -0.3 is 14.8 Å². The van der Waals surface area contributed by atoms with E-state index in [9.17, 15) is 0 Å². The van der Waals surface area contributed by atoms with Gasteiger partial charge in [0.05, 0.1) is 25.9 Å². The van der Waals surface area contributed by atoms with Crippen LogP contribution in [0.3, 0.4) is 0 Å². The summed E-state index contributed by atoms with van der Waals surface area (Å²) in [7, 11) is 0. The largest absolute Gasteiger partial charge is 0.374 e. The van der Waals surface area contributed by atoms with E-state index in [0.29, 0.717) is 13.2 Å². The molecule has 16 heavy (non-hydrogen) atoms. The molecule has 1 fully saturated rings. The van der Waals surface area contributed by atoms with Gasteiger partial charge in [-0.05, 0) is 5.56 Å². The Kier molecular flexibility index (Phi) is 6.42. The van der Waals surface area contributed by atoms with E-state index in [4.69, 9.17) is 9.47 Å². The number of rotatable bonds is 4. The number of halogens is 1. The number of nitrogens with one attached hydrogen (secondary N) is 1. The molecular weight excluding hydrogens is 226 g/mol. The smallest absolute Gasteiger partial charge is 0.0933 e. The molecule has 1 atom stereocenters. The van der Waals surface area contributed by atoms with Gasteiger partial charge in [-0.1, -0.05) is 30.3 Å². The van der Waals surface area contributed by atoms with Crippen LogP contribution in [0, 0.1) is 0 Å². The Morgan fingerprint density at radius 1 is 1.31 bits per heavy atom. The minimum Gasteiger partial charge on any atom is -0.374 e.